The van der Waals surface area contributed by atoms with Crippen molar-refractivity contribution >= 4 is 29.2 Å². The summed E-state index contributed by atoms with van der Waals surface area (Å²) in [6.45, 7) is 5.21. The summed E-state index contributed by atoms with van der Waals surface area (Å²) < 4.78 is 1.71. The zero-order valence-corrected chi connectivity index (χ0v) is 17.7. The lowest BCUT2D eigenvalue weighted by Gasteiger charge is -2.35. The van der Waals surface area contributed by atoms with Gasteiger partial charge in [0.25, 0.3) is 0 Å². The summed E-state index contributed by atoms with van der Waals surface area (Å²) >= 11 is 6.04. The number of guanidine groups is 1. The quantitative estimate of drug-likeness (QED) is 0.602. The molecule has 29 heavy (non-hydrogen) atoms. The number of aryl methyl sites for hydroxylation is 1. The molecule has 7 nitrogen and oxygen atoms in total. The van der Waals surface area contributed by atoms with E-state index in [2.05, 4.69) is 34.4 Å². The standard InChI is InChI=1S/C21H27ClN6O/c1-3-23-20(24-15-21(8-9-21)16-4-6-17(22)7-5-16)27-10-11-28(19(29)14-27)18-12-25-26(2)13-18/h4-7,12-13H,3,8-11,14-15H2,1-2H3,(H,23,24). The van der Waals surface area contributed by atoms with E-state index in [1.807, 2.05) is 25.4 Å². The van der Waals surface area contributed by atoms with Gasteiger partial charge in [0.05, 0.1) is 18.4 Å². The number of hydrogen-bond acceptors (Lipinski definition) is 3. The van der Waals surface area contributed by atoms with Crippen molar-refractivity contribution in [2.45, 2.75) is 25.2 Å². The van der Waals surface area contributed by atoms with E-state index < -0.39 is 0 Å². The minimum absolute atomic E-state index is 0.0636. The maximum absolute atomic E-state index is 12.7. The van der Waals surface area contributed by atoms with Crippen LogP contribution in [0.3, 0.4) is 0 Å². The van der Waals surface area contributed by atoms with Crippen LogP contribution < -0.4 is 10.2 Å². The fourth-order valence-corrected chi connectivity index (χ4v) is 3.95. The summed E-state index contributed by atoms with van der Waals surface area (Å²) in [6.07, 6.45) is 5.86. The molecule has 1 aliphatic carbocycles. The summed E-state index contributed by atoms with van der Waals surface area (Å²) in [5, 5.41) is 8.29. The molecule has 2 fully saturated rings. The number of halogens is 1. The predicted molar refractivity (Wildman–Crippen MR) is 115 cm³/mol. The molecule has 4 rings (SSSR count). The van der Waals surface area contributed by atoms with Gasteiger partial charge in [0.1, 0.15) is 6.54 Å². The molecular formula is C21H27ClN6O. The Kier molecular flexibility index (Phi) is 5.50. The Morgan fingerprint density at radius 3 is 2.62 bits per heavy atom. The number of rotatable bonds is 5. The van der Waals surface area contributed by atoms with Gasteiger partial charge >= 0.3 is 0 Å². The Bertz CT molecular complexity index is 902. The van der Waals surface area contributed by atoms with Crippen LogP contribution in [0.1, 0.15) is 25.3 Å². The molecule has 2 aliphatic rings. The molecule has 1 aromatic heterocycles. The molecule has 1 aliphatic heterocycles. The van der Waals surface area contributed by atoms with Gasteiger partial charge in [0.15, 0.2) is 5.96 Å². The first-order valence-electron chi connectivity index (χ1n) is 10.1. The minimum Gasteiger partial charge on any atom is -0.357 e. The van der Waals surface area contributed by atoms with Crippen LogP contribution in [-0.2, 0) is 17.3 Å². The summed E-state index contributed by atoms with van der Waals surface area (Å²) in [5.41, 5.74) is 2.24. The average molecular weight is 415 g/mol. The largest absolute Gasteiger partial charge is 0.357 e. The monoisotopic (exact) mass is 414 g/mol. The van der Waals surface area contributed by atoms with Crippen molar-refractivity contribution in [2.24, 2.45) is 12.0 Å². The highest BCUT2D eigenvalue weighted by Crippen LogP contribution is 2.48. The molecular weight excluding hydrogens is 388 g/mol. The maximum Gasteiger partial charge on any atom is 0.246 e. The van der Waals surface area contributed by atoms with Crippen LogP contribution in [0.4, 0.5) is 5.69 Å². The number of aliphatic imine (C=N–C) groups is 1. The first-order chi connectivity index (χ1) is 14.0. The lowest BCUT2D eigenvalue weighted by atomic mass is 9.96. The fourth-order valence-electron chi connectivity index (χ4n) is 3.82. The highest BCUT2D eigenvalue weighted by molar-refractivity contribution is 6.30. The molecule has 0 atom stereocenters. The van der Waals surface area contributed by atoms with Crippen LogP contribution in [-0.4, -0.2) is 59.3 Å². The van der Waals surface area contributed by atoms with Crippen molar-refractivity contribution in [3.8, 4) is 0 Å². The van der Waals surface area contributed by atoms with E-state index in [1.165, 1.54) is 5.56 Å². The van der Waals surface area contributed by atoms with E-state index >= 15 is 0 Å². The lowest BCUT2D eigenvalue weighted by molar-refractivity contribution is -0.120. The first-order valence-corrected chi connectivity index (χ1v) is 10.5. The molecule has 0 spiro atoms. The molecule has 2 aromatic rings. The zero-order valence-electron chi connectivity index (χ0n) is 16.9. The number of piperazine rings is 1. The highest BCUT2D eigenvalue weighted by atomic mass is 35.5. The Morgan fingerprint density at radius 1 is 1.28 bits per heavy atom. The van der Waals surface area contributed by atoms with Crippen molar-refractivity contribution < 1.29 is 4.79 Å². The summed E-state index contributed by atoms with van der Waals surface area (Å²) in [7, 11) is 1.86. The van der Waals surface area contributed by atoms with E-state index in [-0.39, 0.29) is 11.3 Å². The van der Waals surface area contributed by atoms with Crippen molar-refractivity contribution in [2.75, 3.05) is 37.6 Å². The lowest BCUT2D eigenvalue weighted by Crippen LogP contribution is -2.55. The number of carbonyl (C=O) groups is 1. The van der Waals surface area contributed by atoms with Gasteiger partial charge in [0, 0.05) is 43.3 Å². The molecule has 1 saturated heterocycles. The second-order valence-corrected chi connectivity index (χ2v) is 8.23. The third-order valence-electron chi connectivity index (χ3n) is 5.70. The van der Waals surface area contributed by atoms with Gasteiger partial charge in [-0.1, -0.05) is 23.7 Å². The number of hydrogen-bond donors (Lipinski definition) is 1. The smallest absolute Gasteiger partial charge is 0.246 e. The summed E-state index contributed by atoms with van der Waals surface area (Å²) in [5.74, 6) is 0.876. The van der Waals surface area contributed by atoms with Gasteiger partial charge in [-0.3, -0.25) is 14.5 Å². The molecule has 154 valence electrons. The van der Waals surface area contributed by atoms with Gasteiger partial charge in [-0.25, -0.2) is 0 Å². The third-order valence-corrected chi connectivity index (χ3v) is 5.95. The number of carbonyl (C=O) groups excluding carboxylic acids is 1. The second-order valence-electron chi connectivity index (χ2n) is 7.80. The molecule has 1 amide bonds. The number of aromatic nitrogens is 2. The first kappa shape index (κ1) is 19.8. The number of amides is 1. The third kappa shape index (κ3) is 4.24. The van der Waals surface area contributed by atoms with E-state index in [1.54, 1.807) is 15.8 Å². The van der Waals surface area contributed by atoms with E-state index in [9.17, 15) is 4.79 Å². The number of nitrogens with one attached hydrogen (secondary N) is 1. The maximum atomic E-state index is 12.7. The van der Waals surface area contributed by atoms with Gasteiger partial charge < -0.3 is 15.1 Å². The highest BCUT2D eigenvalue weighted by Gasteiger charge is 2.44. The minimum atomic E-state index is 0.0636. The Morgan fingerprint density at radius 2 is 2.03 bits per heavy atom. The molecule has 0 bridgehead atoms. The number of anilines is 1. The molecule has 0 radical (unpaired) electrons. The molecule has 0 unspecified atom stereocenters. The molecule has 1 saturated carbocycles. The topological polar surface area (TPSA) is 65.8 Å². The van der Waals surface area contributed by atoms with E-state index in [0.717, 1.165) is 42.6 Å². The van der Waals surface area contributed by atoms with Crippen molar-refractivity contribution in [1.82, 2.24) is 20.0 Å². The molecule has 8 heteroatoms. The average Bonchev–Trinajstić information content (AvgIpc) is 3.38. The Labute approximate surface area is 176 Å². The Hall–Kier alpha value is -2.54. The van der Waals surface area contributed by atoms with Crippen molar-refractivity contribution in [3.63, 3.8) is 0 Å². The van der Waals surface area contributed by atoms with Gasteiger partial charge in [-0.15, -0.1) is 0 Å². The van der Waals surface area contributed by atoms with Crippen LogP contribution in [0.2, 0.25) is 5.02 Å². The van der Waals surface area contributed by atoms with E-state index in [0.29, 0.717) is 19.6 Å². The normalized spacial score (nSPS) is 18.9. The van der Waals surface area contributed by atoms with Crippen LogP contribution in [0.25, 0.3) is 0 Å². The van der Waals surface area contributed by atoms with Gasteiger partial charge in [-0.2, -0.15) is 5.10 Å². The van der Waals surface area contributed by atoms with E-state index in [4.69, 9.17) is 16.6 Å². The predicted octanol–water partition coefficient (Wildman–Crippen LogP) is 2.42. The van der Waals surface area contributed by atoms with Crippen LogP contribution in [0.15, 0.2) is 41.7 Å². The SMILES string of the molecule is CCNC(=NCC1(c2ccc(Cl)cc2)CC1)N1CCN(c2cnn(C)c2)C(=O)C1. The molecule has 1 aromatic carbocycles. The number of nitrogens with zero attached hydrogens (tertiary/aromatic N) is 5. The summed E-state index contributed by atoms with van der Waals surface area (Å²) in [4.78, 5) is 21.5. The van der Waals surface area contributed by atoms with Crippen molar-refractivity contribution in [3.05, 3.63) is 47.2 Å². The van der Waals surface area contributed by atoms with Gasteiger partial charge in [0.2, 0.25) is 5.91 Å². The van der Waals surface area contributed by atoms with Crippen LogP contribution in [0.5, 0.6) is 0 Å². The van der Waals surface area contributed by atoms with Crippen LogP contribution >= 0.6 is 11.6 Å². The molecule has 2 heterocycles. The fraction of sp³-hybridized carbons (Fsp3) is 0.476. The molecule has 1 N–H and O–H groups in total. The number of benzene rings is 1. The zero-order chi connectivity index (χ0) is 20.4. The second kappa shape index (κ2) is 8.06. The van der Waals surface area contributed by atoms with Crippen LogP contribution in [0, 0.1) is 0 Å². The Balaban J connectivity index is 1.45. The summed E-state index contributed by atoms with van der Waals surface area (Å²) in [6, 6.07) is 8.10. The van der Waals surface area contributed by atoms with Crippen molar-refractivity contribution in [1.29, 1.82) is 0 Å². The van der Waals surface area contributed by atoms with Gasteiger partial charge in [-0.05, 0) is 37.5 Å².